The lowest BCUT2D eigenvalue weighted by Gasteiger charge is -2.35. The van der Waals surface area contributed by atoms with E-state index >= 15 is 0 Å². The smallest absolute Gasteiger partial charge is 0.228 e. The maximum Gasteiger partial charge on any atom is 0.228 e. The average Bonchev–Trinajstić information content (AvgIpc) is 2.68. The van der Waals surface area contributed by atoms with Gasteiger partial charge >= 0.3 is 0 Å². The number of piperidine rings is 1. The van der Waals surface area contributed by atoms with Crippen molar-refractivity contribution >= 4 is 5.91 Å². The summed E-state index contributed by atoms with van der Waals surface area (Å²) in [6, 6.07) is 0. The Morgan fingerprint density at radius 1 is 1.44 bits per heavy atom. The Balaban J connectivity index is 1.90. The highest BCUT2D eigenvalue weighted by molar-refractivity contribution is 5.79. The third-order valence-corrected chi connectivity index (χ3v) is 3.78. The standard InChI is InChI=1S/C12H21NO3/c1-8-3-4-13(6-11(8)14)12(15)10-5-9(2)16-7-10/h8-11,14H,3-7H2,1-2H3. The highest BCUT2D eigenvalue weighted by atomic mass is 16.5. The molecule has 2 fully saturated rings. The number of β-amino-alcohol motifs (C(OH)–C–C–N with tert-alkyl or cyclic N) is 1. The molecule has 0 radical (unpaired) electrons. The lowest BCUT2D eigenvalue weighted by molar-refractivity contribution is -0.139. The number of likely N-dealkylation sites (tertiary alicyclic amines) is 1. The van der Waals surface area contributed by atoms with Crippen molar-refractivity contribution in [3.63, 3.8) is 0 Å². The molecule has 4 atom stereocenters. The van der Waals surface area contributed by atoms with Gasteiger partial charge in [-0.3, -0.25) is 4.79 Å². The summed E-state index contributed by atoms with van der Waals surface area (Å²) in [7, 11) is 0. The molecule has 4 unspecified atom stereocenters. The second kappa shape index (κ2) is 4.72. The molecule has 1 amide bonds. The molecule has 1 N–H and O–H groups in total. The van der Waals surface area contributed by atoms with E-state index < -0.39 is 0 Å². The highest BCUT2D eigenvalue weighted by Gasteiger charge is 2.34. The lowest BCUT2D eigenvalue weighted by atomic mass is 9.94. The van der Waals surface area contributed by atoms with Crippen molar-refractivity contribution in [2.24, 2.45) is 11.8 Å². The molecule has 92 valence electrons. The number of aliphatic hydroxyl groups is 1. The summed E-state index contributed by atoms with van der Waals surface area (Å²) in [6.07, 6.45) is 1.55. The lowest BCUT2D eigenvalue weighted by Crippen LogP contribution is -2.48. The second-order valence-electron chi connectivity index (χ2n) is 5.19. The molecule has 2 rings (SSSR count). The van der Waals surface area contributed by atoms with Crippen LogP contribution in [-0.2, 0) is 9.53 Å². The van der Waals surface area contributed by atoms with Gasteiger partial charge in [-0.1, -0.05) is 6.92 Å². The first-order chi connectivity index (χ1) is 7.58. The molecule has 0 aromatic heterocycles. The second-order valence-corrected chi connectivity index (χ2v) is 5.19. The van der Waals surface area contributed by atoms with Crippen LogP contribution in [0.2, 0.25) is 0 Å². The van der Waals surface area contributed by atoms with Crippen molar-refractivity contribution in [2.75, 3.05) is 19.7 Å². The number of nitrogens with zero attached hydrogens (tertiary/aromatic N) is 1. The van der Waals surface area contributed by atoms with Crippen LogP contribution in [0.3, 0.4) is 0 Å². The van der Waals surface area contributed by atoms with E-state index in [-0.39, 0.29) is 24.0 Å². The van der Waals surface area contributed by atoms with Gasteiger partial charge in [-0.15, -0.1) is 0 Å². The summed E-state index contributed by atoms with van der Waals surface area (Å²) in [5.41, 5.74) is 0. The first-order valence-corrected chi connectivity index (χ1v) is 6.16. The summed E-state index contributed by atoms with van der Waals surface area (Å²) < 4.78 is 5.42. The molecule has 0 bridgehead atoms. The SMILES string of the molecule is CC1CC(C(=O)N2CCC(C)C(O)C2)CO1. The quantitative estimate of drug-likeness (QED) is 0.715. The molecule has 16 heavy (non-hydrogen) atoms. The van der Waals surface area contributed by atoms with E-state index in [1.54, 1.807) is 4.90 Å². The number of hydrogen-bond acceptors (Lipinski definition) is 3. The van der Waals surface area contributed by atoms with Gasteiger partial charge in [0.2, 0.25) is 5.91 Å². The Kier molecular flexibility index (Phi) is 3.50. The number of rotatable bonds is 1. The summed E-state index contributed by atoms with van der Waals surface area (Å²) in [6.45, 7) is 5.85. The van der Waals surface area contributed by atoms with E-state index in [2.05, 4.69) is 0 Å². The monoisotopic (exact) mass is 227 g/mol. The zero-order valence-corrected chi connectivity index (χ0v) is 10.1. The average molecular weight is 227 g/mol. The largest absolute Gasteiger partial charge is 0.391 e. The molecule has 0 spiro atoms. The number of ether oxygens (including phenoxy) is 1. The van der Waals surface area contributed by atoms with Crippen LogP contribution < -0.4 is 0 Å². The molecule has 0 aromatic carbocycles. The van der Waals surface area contributed by atoms with Gasteiger partial charge in [0.15, 0.2) is 0 Å². The van der Waals surface area contributed by atoms with Crippen LogP contribution in [0.5, 0.6) is 0 Å². The van der Waals surface area contributed by atoms with Gasteiger partial charge in [-0.2, -0.15) is 0 Å². The first-order valence-electron chi connectivity index (χ1n) is 6.16. The summed E-state index contributed by atoms with van der Waals surface area (Å²) in [5.74, 6) is 0.480. The van der Waals surface area contributed by atoms with Gasteiger partial charge in [0.05, 0.1) is 24.7 Å². The fourth-order valence-electron chi connectivity index (χ4n) is 2.50. The van der Waals surface area contributed by atoms with Crippen molar-refractivity contribution in [1.29, 1.82) is 0 Å². The zero-order valence-electron chi connectivity index (χ0n) is 10.1. The summed E-state index contributed by atoms with van der Waals surface area (Å²) >= 11 is 0. The molecular weight excluding hydrogens is 206 g/mol. The molecule has 2 aliphatic heterocycles. The molecule has 0 aromatic rings. The first kappa shape index (κ1) is 11.9. The minimum atomic E-state index is -0.363. The Labute approximate surface area is 96.6 Å². The fraction of sp³-hybridized carbons (Fsp3) is 0.917. The fourth-order valence-corrected chi connectivity index (χ4v) is 2.50. The van der Waals surface area contributed by atoms with Crippen LogP contribution in [0.1, 0.15) is 26.7 Å². The highest BCUT2D eigenvalue weighted by Crippen LogP contribution is 2.24. The normalized spacial score (nSPS) is 40.1. The number of aliphatic hydroxyl groups excluding tert-OH is 1. The van der Waals surface area contributed by atoms with E-state index in [4.69, 9.17) is 4.74 Å². The summed E-state index contributed by atoms with van der Waals surface area (Å²) in [4.78, 5) is 13.9. The van der Waals surface area contributed by atoms with Gasteiger partial charge in [-0.25, -0.2) is 0 Å². The number of amides is 1. The molecule has 4 heteroatoms. The van der Waals surface area contributed by atoms with Gasteiger partial charge in [0, 0.05) is 13.1 Å². The topological polar surface area (TPSA) is 49.8 Å². The minimum Gasteiger partial charge on any atom is -0.391 e. The zero-order chi connectivity index (χ0) is 11.7. The third-order valence-electron chi connectivity index (χ3n) is 3.78. The van der Waals surface area contributed by atoms with Crippen molar-refractivity contribution < 1.29 is 14.6 Å². The van der Waals surface area contributed by atoms with E-state index in [1.165, 1.54) is 0 Å². The van der Waals surface area contributed by atoms with Crippen molar-refractivity contribution in [1.82, 2.24) is 4.90 Å². The van der Waals surface area contributed by atoms with Crippen LogP contribution >= 0.6 is 0 Å². The Bertz CT molecular complexity index is 269. The molecule has 4 nitrogen and oxygen atoms in total. The molecule has 2 heterocycles. The Hall–Kier alpha value is -0.610. The molecule has 2 saturated heterocycles. The Morgan fingerprint density at radius 3 is 2.75 bits per heavy atom. The number of hydrogen-bond donors (Lipinski definition) is 1. The predicted octanol–water partition coefficient (Wildman–Crippen LogP) is 0.641. The van der Waals surface area contributed by atoms with Crippen LogP contribution in [0.4, 0.5) is 0 Å². The molecular formula is C12H21NO3. The summed E-state index contributed by atoms with van der Waals surface area (Å²) in [5, 5.41) is 9.77. The van der Waals surface area contributed by atoms with Gasteiger partial charge < -0.3 is 14.7 Å². The number of carbonyl (C=O) groups excluding carboxylic acids is 1. The minimum absolute atomic E-state index is 0.00982. The van der Waals surface area contributed by atoms with Gasteiger partial charge in [-0.05, 0) is 25.7 Å². The molecule has 2 aliphatic rings. The maximum atomic E-state index is 12.1. The van der Waals surface area contributed by atoms with Crippen molar-refractivity contribution in [2.45, 2.75) is 38.9 Å². The van der Waals surface area contributed by atoms with Crippen LogP contribution in [0.15, 0.2) is 0 Å². The van der Waals surface area contributed by atoms with Gasteiger partial charge in [0.1, 0.15) is 0 Å². The van der Waals surface area contributed by atoms with E-state index in [0.717, 1.165) is 19.4 Å². The predicted molar refractivity (Wildman–Crippen MR) is 59.9 cm³/mol. The van der Waals surface area contributed by atoms with Crippen LogP contribution in [0, 0.1) is 11.8 Å². The van der Waals surface area contributed by atoms with E-state index in [0.29, 0.717) is 19.1 Å². The van der Waals surface area contributed by atoms with Gasteiger partial charge in [0.25, 0.3) is 0 Å². The molecule has 0 aliphatic carbocycles. The van der Waals surface area contributed by atoms with Crippen molar-refractivity contribution in [3.05, 3.63) is 0 Å². The third kappa shape index (κ3) is 2.38. The van der Waals surface area contributed by atoms with Crippen LogP contribution in [-0.4, -0.2) is 47.8 Å². The van der Waals surface area contributed by atoms with Crippen LogP contribution in [0.25, 0.3) is 0 Å². The van der Waals surface area contributed by atoms with E-state index in [1.807, 2.05) is 13.8 Å². The Morgan fingerprint density at radius 2 is 2.19 bits per heavy atom. The van der Waals surface area contributed by atoms with E-state index in [9.17, 15) is 9.90 Å². The maximum absolute atomic E-state index is 12.1. The number of carbonyl (C=O) groups is 1. The van der Waals surface area contributed by atoms with Crippen molar-refractivity contribution in [3.8, 4) is 0 Å². The molecule has 0 saturated carbocycles.